The van der Waals surface area contributed by atoms with Gasteiger partial charge in [-0.3, -0.25) is 4.98 Å². The molecule has 1 aromatic heterocycles. The van der Waals surface area contributed by atoms with Crippen molar-refractivity contribution in [3.05, 3.63) is 29.8 Å². The molecule has 1 aromatic rings. The lowest BCUT2D eigenvalue weighted by Crippen LogP contribution is -2.20. The molecule has 4 heteroatoms. The fourth-order valence-corrected chi connectivity index (χ4v) is 2.32. The van der Waals surface area contributed by atoms with E-state index in [2.05, 4.69) is 16.6 Å². The minimum Gasteiger partial charge on any atom is -0.310 e. The zero-order chi connectivity index (χ0) is 13.2. The highest BCUT2D eigenvalue weighted by molar-refractivity contribution is 7.98. The maximum Gasteiger partial charge on any atom is 0.141 e. The molecule has 0 aliphatic heterocycles. The van der Waals surface area contributed by atoms with Gasteiger partial charge < -0.3 is 5.32 Å². The van der Waals surface area contributed by atoms with Crippen molar-refractivity contribution < 1.29 is 4.39 Å². The molecular weight excluding hydrogens is 247 g/mol. The Kier molecular flexibility index (Phi) is 8.01. The predicted molar refractivity (Wildman–Crippen MR) is 77.5 cm³/mol. The topological polar surface area (TPSA) is 24.9 Å². The average molecular weight is 270 g/mol. The Bertz CT molecular complexity index is 333. The molecule has 102 valence electrons. The molecular formula is C14H23FN2S. The number of thioether (sulfide) groups is 1. The maximum absolute atomic E-state index is 13.0. The van der Waals surface area contributed by atoms with Crippen LogP contribution in [0.15, 0.2) is 18.5 Å². The summed E-state index contributed by atoms with van der Waals surface area (Å²) in [6.45, 7) is 3.03. The second kappa shape index (κ2) is 9.34. The van der Waals surface area contributed by atoms with E-state index in [9.17, 15) is 4.39 Å². The number of pyridine rings is 1. The van der Waals surface area contributed by atoms with E-state index >= 15 is 0 Å². The second-order valence-electron chi connectivity index (χ2n) is 4.52. The van der Waals surface area contributed by atoms with Gasteiger partial charge in [0.1, 0.15) is 5.82 Å². The van der Waals surface area contributed by atoms with Crippen LogP contribution in [-0.2, 0) is 0 Å². The van der Waals surface area contributed by atoms with Crippen molar-refractivity contribution >= 4 is 11.8 Å². The van der Waals surface area contributed by atoms with Crippen molar-refractivity contribution in [1.29, 1.82) is 0 Å². The number of halogens is 1. The Morgan fingerprint density at radius 3 is 2.78 bits per heavy atom. The Morgan fingerprint density at radius 2 is 2.06 bits per heavy atom. The van der Waals surface area contributed by atoms with Gasteiger partial charge in [-0.15, -0.1) is 0 Å². The van der Waals surface area contributed by atoms with Crippen LogP contribution >= 0.6 is 11.8 Å². The molecule has 0 bridgehead atoms. The minimum atomic E-state index is -0.266. The van der Waals surface area contributed by atoms with E-state index in [1.54, 1.807) is 12.3 Å². The van der Waals surface area contributed by atoms with Crippen LogP contribution in [0.1, 0.15) is 44.2 Å². The first kappa shape index (κ1) is 15.4. The lowest BCUT2D eigenvalue weighted by Gasteiger charge is -2.13. The third kappa shape index (κ3) is 6.36. The summed E-state index contributed by atoms with van der Waals surface area (Å²) >= 11 is 1.91. The zero-order valence-corrected chi connectivity index (χ0v) is 12.1. The molecule has 0 saturated carbocycles. The Morgan fingerprint density at radius 1 is 1.28 bits per heavy atom. The molecule has 2 nitrogen and oxygen atoms in total. The van der Waals surface area contributed by atoms with Crippen LogP contribution in [0, 0.1) is 5.82 Å². The summed E-state index contributed by atoms with van der Waals surface area (Å²) in [5, 5.41) is 3.41. The third-order valence-corrected chi connectivity index (χ3v) is 3.65. The molecule has 1 rings (SSSR count). The van der Waals surface area contributed by atoms with E-state index < -0.39 is 0 Å². The molecule has 1 heterocycles. The molecule has 0 aliphatic carbocycles. The highest BCUT2D eigenvalue weighted by Crippen LogP contribution is 2.12. The van der Waals surface area contributed by atoms with Crippen molar-refractivity contribution in [2.45, 2.75) is 38.6 Å². The van der Waals surface area contributed by atoms with E-state index in [-0.39, 0.29) is 11.9 Å². The fourth-order valence-electron chi connectivity index (χ4n) is 1.83. The van der Waals surface area contributed by atoms with Gasteiger partial charge in [0.15, 0.2) is 0 Å². The molecule has 0 spiro atoms. The molecule has 1 N–H and O–H groups in total. The van der Waals surface area contributed by atoms with E-state index in [0.717, 1.165) is 12.1 Å². The smallest absolute Gasteiger partial charge is 0.141 e. The Hall–Kier alpha value is -0.610. The van der Waals surface area contributed by atoms with Crippen molar-refractivity contribution in [3.63, 3.8) is 0 Å². The van der Waals surface area contributed by atoms with Crippen molar-refractivity contribution in [1.82, 2.24) is 10.3 Å². The van der Waals surface area contributed by atoms with E-state index in [1.807, 2.05) is 18.7 Å². The van der Waals surface area contributed by atoms with Gasteiger partial charge in [0.2, 0.25) is 0 Å². The number of unbranched alkanes of at least 4 members (excludes halogenated alkanes) is 3. The van der Waals surface area contributed by atoms with Crippen LogP contribution in [0.3, 0.4) is 0 Å². The van der Waals surface area contributed by atoms with Crippen LogP contribution in [-0.4, -0.2) is 23.5 Å². The third-order valence-electron chi connectivity index (χ3n) is 2.95. The molecule has 0 radical (unpaired) electrons. The molecule has 0 fully saturated rings. The van der Waals surface area contributed by atoms with Crippen LogP contribution < -0.4 is 5.32 Å². The van der Waals surface area contributed by atoms with E-state index in [0.29, 0.717) is 0 Å². The van der Waals surface area contributed by atoms with Crippen LogP contribution in [0.2, 0.25) is 0 Å². The van der Waals surface area contributed by atoms with Gasteiger partial charge in [0.05, 0.1) is 6.20 Å². The second-order valence-corrected chi connectivity index (χ2v) is 5.50. The molecule has 1 unspecified atom stereocenters. The summed E-state index contributed by atoms with van der Waals surface area (Å²) in [6, 6.07) is 1.71. The predicted octanol–water partition coefficient (Wildman–Crippen LogP) is 3.79. The molecule has 0 amide bonds. The summed E-state index contributed by atoms with van der Waals surface area (Å²) in [5.74, 6) is 0.997. The van der Waals surface area contributed by atoms with Gasteiger partial charge in [-0.05, 0) is 49.9 Å². The van der Waals surface area contributed by atoms with Crippen molar-refractivity contribution in [2.75, 3.05) is 18.6 Å². The van der Waals surface area contributed by atoms with Gasteiger partial charge >= 0.3 is 0 Å². The van der Waals surface area contributed by atoms with E-state index in [1.165, 1.54) is 37.6 Å². The largest absolute Gasteiger partial charge is 0.310 e. The highest BCUT2D eigenvalue weighted by Gasteiger charge is 2.05. The zero-order valence-electron chi connectivity index (χ0n) is 11.3. The molecule has 1 atom stereocenters. The normalized spacial score (nSPS) is 12.6. The highest BCUT2D eigenvalue weighted by atomic mass is 32.2. The standard InChI is InChI=1S/C14H23FN2S/c1-12(13-9-14(15)11-16-10-13)17-7-5-3-4-6-8-18-2/h9-12,17H,3-8H2,1-2H3. The molecule has 0 aliphatic rings. The molecule has 18 heavy (non-hydrogen) atoms. The number of aromatic nitrogens is 1. The fraction of sp³-hybridized carbons (Fsp3) is 0.643. The van der Waals surface area contributed by atoms with Crippen molar-refractivity contribution in [2.24, 2.45) is 0 Å². The Balaban J connectivity index is 2.12. The SMILES string of the molecule is CSCCCCCCNC(C)c1cncc(F)c1. The Labute approximate surface area is 114 Å². The minimum absolute atomic E-state index is 0.166. The first-order valence-corrected chi connectivity index (χ1v) is 7.96. The number of nitrogens with zero attached hydrogens (tertiary/aromatic N) is 1. The summed E-state index contributed by atoms with van der Waals surface area (Å²) in [4.78, 5) is 3.87. The van der Waals surface area contributed by atoms with Crippen LogP contribution in [0.4, 0.5) is 4.39 Å². The summed E-state index contributed by atoms with van der Waals surface area (Å²) in [6.07, 6.45) is 10.2. The maximum atomic E-state index is 13.0. The van der Waals surface area contributed by atoms with Gasteiger partial charge in [0, 0.05) is 12.2 Å². The number of nitrogens with one attached hydrogen (secondary N) is 1. The summed E-state index contributed by atoms with van der Waals surface area (Å²) in [7, 11) is 0. The lowest BCUT2D eigenvalue weighted by atomic mass is 10.1. The monoisotopic (exact) mass is 270 g/mol. The lowest BCUT2D eigenvalue weighted by molar-refractivity contribution is 0.531. The number of hydrogen-bond acceptors (Lipinski definition) is 3. The quantitative estimate of drug-likeness (QED) is 0.691. The summed E-state index contributed by atoms with van der Waals surface area (Å²) < 4.78 is 13.0. The number of rotatable bonds is 9. The van der Waals surface area contributed by atoms with Gasteiger partial charge in [-0.1, -0.05) is 12.8 Å². The summed E-state index contributed by atoms with van der Waals surface area (Å²) in [5.41, 5.74) is 0.914. The van der Waals surface area contributed by atoms with Crippen molar-refractivity contribution in [3.8, 4) is 0 Å². The molecule has 0 aromatic carbocycles. The van der Waals surface area contributed by atoms with Gasteiger partial charge in [0.25, 0.3) is 0 Å². The number of hydrogen-bond donors (Lipinski definition) is 1. The van der Waals surface area contributed by atoms with Gasteiger partial charge in [-0.25, -0.2) is 4.39 Å². The van der Waals surface area contributed by atoms with Crippen LogP contribution in [0.25, 0.3) is 0 Å². The van der Waals surface area contributed by atoms with E-state index in [4.69, 9.17) is 0 Å². The van der Waals surface area contributed by atoms with Gasteiger partial charge in [-0.2, -0.15) is 11.8 Å². The van der Waals surface area contributed by atoms with Crippen LogP contribution in [0.5, 0.6) is 0 Å². The first-order chi connectivity index (χ1) is 8.74. The first-order valence-electron chi connectivity index (χ1n) is 6.57. The average Bonchev–Trinajstić information content (AvgIpc) is 2.37. The molecule has 0 saturated heterocycles.